The minimum absolute atomic E-state index is 0.00932. The lowest BCUT2D eigenvalue weighted by molar-refractivity contribution is -0.144. The van der Waals surface area contributed by atoms with Crippen LogP contribution in [0.1, 0.15) is 51.5 Å². The van der Waals surface area contributed by atoms with Gasteiger partial charge in [-0.15, -0.1) is 0 Å². The largest absolute Gasteiger partial charge is 0.481 e. The summed E-state index contributed by atoms with van der Waals surface area (Å²) < 4.78 is 13.0. The molecule has 1 aromatic carbocycles. The van der Waals surface area contributed by atoms with Crippen molar-refractivity contribution in [3.63, 3.8) is 0 Å². The van der Waals surface area contributed by atoms with Gasteiger partial charge in [0.1, 0.15) is 11.6 Å². The number of aliphatic carboxylic acids is 1. The SMILES string of the molecule is CC(C)C1CCC(C(=O)CC(Cc2ccc(F)cc2)C(=O)O)CC1. The lowest BCUT2D eigenvalue weighted by atomic mass is 9.74. The molecule has 3 nitrogen and oxygen atoms in total. The molecule has 4 heteroatoms. The first kappa shape index (κ1) is 18.6. The van der Waals surface area contributed by atoms with E-state index in [9.17, 15) is 19.1 Å². The molecule has 0 heterocycles. The highest BCUT2D eigenvalue weighted by Crippen LogP contribution is 2.34. The summed E-state index contributed by atoms with van der Waals surface area (Å²) >= 11 is 0. The molecule has 0 aliphatic heterocycles. The number of carbonyl (C=O) groups is 2. The minimum Gasteiger partial charge on any atom is -0.481 e. The molecule has 0 radical (unpaired) electrons. The molecule has 1 fully saturated rings. The van der Waals surface area contributed by atoms with E-state index in [1.807, 2.05) is 0 Å². The third kappa shape index (κ3) is 5.15. The van der Waals surface area contributed by atoms with Crippen LogP contribution >= 0.6 is 0 Å². The highest BCUT2D eigenvalue weighted by atomic mass is 19.1. The molecule has 1 saturated carbocycles. The number of Topliss-reactive ketones (excluding diaryl/α,β-unsaturated/α-hetero) is 1. The van der Waals surface area contributed by atoms with Gasteiger partial charge >= 0.3 is 5.97 Å². The minimum atomic E-state index is -0.955. The zero-order valence-electron chi connectivity index (χ0n) is 14.5. The van der Waals surface area contributed by atoms with Crippen LogP contribution in [0.5, 0.6) is 0 Å². The van der Waals surface area contributed by atoms with E-state index in [2.05, 4.69) is 13.8 Å². The monoisotopic (exact) mass is 334 g/mol. The first-order valence-electron chi connectivity index (χ1n) is 8.86. The van der Waals surface area contributed by atoms with Gasteiger partial charge in [-0.05, 0) is 61.6 Å². The average Bonchev–Trinajstić information content (AvgIpc) is 2.56. The van der Waals surface area contributed by atoms with Gasteiger partial charge in [-0.1, -0.05) is 26.0 Å². The van der Waals surface area contributed by atoms with Gasteiger partial charge < -0.3 is 5.11 Å². The van der Waals surface area contributed by atoms with Crippen LogP contribution in [-0.4, -0.2) is 16.9 Å². The maximum atomic E-state index is 13.0. The van der Waals surface area contributed by atoms with Crippen LogP contribution in [-0.2, 0) is 16.0 Å². The summed E-state index contributed by atoms with van der Waals surface area (Å²) in [5.74, 6) is -0.616. The predicted octanol–water partition coefficient (Wildman–Crippen LogP) is 4.49. The Kier molecular flexibility index (Phi) is 6.52. The molecule has 0 amide bonds. The van der Waals surface area contributed by atoms with Crippen LogP contribution in [0.25, 0.3) is 0 Å². The lowest BCUT2D eigenvalue weighted by Crippen LogP contribution is -2.28. The number of ketones is 1. The fourth-order valence-electron chi connectivity index (χ4n) is 3.67. The van der Waals surface area contributed by atoms with Crippen molar-refractivity contribution in [1.29, 1.82) is 0 Å². The molecule has 132 valence electrons. The summed E-state index contributed by atoms with van der Waals surface area (Å²) in [6.07, 6.45) is 4.22. The van der Waals surface area contributed by atoms with Crippen LogP contribution in [0.4, 0.5) is 4.39 Å². The maximum absolute atomic E-state index is 13.0. The van der Waals surface area contributed by atoms with E-state index in [-0.39, 0.29) is 30.4 Å². The number of halogens is 1. The Labute approximate surface area is 143 Å². The van der Waals surface area contributed by atoms with Crippen LogP contribution in [0.2, 0.25) is 0 Å². The number of carboxylic acids is 1. The predicted molar refractivity (Wildman–Crippen MR) is 91.1 cm³/mol. The van der Waals surface area contributed by atoms with Gasteiger partial charge in [0, 0.05) is 12.3 Å². The summed E-state index contributed by atoms with van der Waals surface area (Å²) in [6.45, 7) is 4.44. The van der Waals surface area contributed by atoms with Gasteiger partial charge in [0.25, 0.3) is 0 Å². The Morgan fingerprint density at radius 3 is 2.21 bits per heavy atom. The number of benzene rings is 1. The molecule has 1 unspecified atom stereocenters. The van der Waals surface area contributed by atoms with Crippen molar-refractivity contribution in [3.8, 4) is 0 Å². The molecule has 1 aliphatic carbocycles. The summed E-state index contributed by atoms with van der Waals surface area (Å²) in [7, 11) is 0. The zero-order valence-corrected chi connectivity index (χ0v) is 14.5. The third-order valence-corrected chi connectivity index (χ3v) is 5.36. The smallest absolute Gasteiger partial charge is 0.307 e. The number of hydrogen-bond donors (Lipinski definition) is 1. The molecule has 1 aliphatic rings. The molecule has 2 rings (SSSR count). The molecule has 0 saturated heterocycles. The second-order valence-corrected chi connectivity index (χ2v) is 7.39. The number of carboxylic acid groups (broad SMARTS) is 1. The van der Waals surface area contributed by atoms with Gasteiger partial charge in [-0.25, -0.2) is 4.39 Å². The van der Waals surface area contributed by atoms with E-state index in [1.54, 1.807) is 12.1 Å². The highest BCUT2D eigenvalue weighted by molar-refractivity contribution is 5.85. The fourth-order valence-corrected chi connectivity index (χ4v) is 3.67. The topological polar surface area (TPSA) is 54.4 Å². The molecule has 0 aromatic heterocycles. The Morgan fingerprint density at radius 2 is 1.71 bits per heavy atom. The molecule has 1 N–H and O–H groups in total. The number of carbonyl (C=O) groups excluding carboxylic acids is 1. The summed E-state index contributed by atoms with van der Waals surface area (Å²) in [4.78, 5) is 24.0. The van der Waals surface area contributed by atoms with Gasteiger partial charge in [-0.2, -0.15) is 0 Å². The fraction of sp³-hybridized carbons (Fsp3) is 0.600. The average molecular weight is 334 g/mol. The van der Waals surface area contributed by atoms with Crippen LogP contribution in [0.3, 0.4) is 0 Å². The van der Waals surface area contributed by atoms with Crippen LogP contribution in [0, 0.1) is 29.5 Å². The summed E-state index contributed by atoms with van der Waals surface area (Å²) in [6, 6.07) is 5.82. The van der Waals surface area contributed by atoms with Crippen LogP contribution < -0.4 is 0 Å². The number of rotatable bonds is 7. The number of hydrogen-bond acceptors (Lipinski definition) is 2. The van der Waals surface area contributed by atoms with Crippen molar-refractivity contribution >= 4 is 11.8 Å². The van der Waals surface area contributed by atoms with Crippen molar-refractivity contribution in [3.05, 3.63) is 35.6 Å². The van der Waals surface area contributed by atoms with Crippen molar-refractivity contribution in [1.82, 2.24) is 0 Å². The Morgan fingerprint density at radius 1 is 1.12 bits per heavy atom. The van der Waals surface area contributed by atoms with Gasteiger partial charge in [0.05, 0.1) is 5.92 Å². The lowest BCUT2D eigenvalue weighted by Gasteiger charge is -2.30. The Hall–Kier alpha value is -1.71. The first-order valence-corrected chi connectivity index (χ1v) is 8.86. The summed E-state index contributed by atoms with van der Waals surface area (Å²) in [5, 5.41) is 9.42. The summed E-state index contributed by atoms with van der Waals surface area (Å²) in [5.41, 5.74) is 0.750. The van der Waals surface area contributed by atoms with Gasteiger partial charge in [-0.3, -0.25) is 9.59 Å². The Bertz CT molecular complexity index is 557. The van der Waals surface area contributed by atoms with E-state index in [0.717, 1.165) is 31.2 Å². The van der Waals surface area contributed by atoms with Crippen molar-refractivity contribution < 1.29 is 19.1 Å². The molecular formula is C20H27FO3. The first-order chi connectivity index (χ1) is 11.4. The zero-order chi connectivity index (χ0) is 17.7. The molecule has 24 heavy (non-hydrogen) atoms. The molecular weight excluding hydrogens is 307 g/mol. The maximum Gasteiger partial charge on any atom is 0.307 e. The van der Waals surface area contributed by atoms with Gasteiger partial charge in [0.2, 0.25) is 0 Å². The normalized spacial score (nSPS) is 22.3. The van der Waals surface area contributed by atoms with Crippen LogP contribution in [0.15, 0.2) is 24.3 Å². The highest BCUT2D eigenvalue weighted by Gasteiger charge is 2.30. The Balaban J connectivity index is 1.92. The van der Waals surface area contributed by atoms with E-state index < -0.39 is 11.9 Å². The standard InChI is InChI=1S/C20H27FO3/c1-13(2)15-5-7-16(8-6-15)19(22)12-17(20(23)24)11-14-3-9-18(21)10-4-14/h3-4,9-10,13,15-17H,5-8,11-12H2,1-2H3,(H,23,24). The molecule has 0 spiro atoms. The van der Waals surface area contributed by atoms with Gasteiger partial charge in [0.15, 0.2) is 0 Å². The third-order valence-electron chi connectivity index (χ3n) is 5.36. The molecule has 0 bridgehead atoms. The van der Waals surface area contributed by atoms with Crippen molar-refractivity contribution in [2.75, 3.05) is 0 Å². The van der Waals surface area contributed by atoms with E-state index in [4.69, 9.17) is 0 Å². The molecule has 1 atom stereocenters. The van der Waals surface area contributed by atoms with Crippen molar-refractivity contribution in [2.45, 2.75) is 52.4 Å². The van der Waals surface area contributed by atoms with E-state index in [0.29, 0.717) is 11.8 Å². The van der Waals surface area contributed by atoms with Crippen molar-refractivity contribution in [2.24, 2.45) is 23.7 Å². The molecule has 1 aromatic rings. The quantitative estimate of drug-likeness (QED) is 0.799. The van der Waals surface area contributed by atoms with E-state index >= 15 is 0 Å². The van der Waals surface area contributed by atoms with E-state index in [1.165, 1.54) is 12.1 Å². The second-order valence-electron chi connectivity index (χ2n) is 7.39. The second kappa shape index (κ2) is 8.41.